The van der Waals surface area contributed by atoms with Crippen molar-refractivity contribution in [2.24, 2.45) is 5.92 Å². The summed E-state index contributed by atoms with van der Waals surface area (Å²) in [7, 11) is 2.04. The summed E-state index contributed by atoms with van der Waals surface area (Å²) in [6.07, 6.45) is 11.3. The van der Waals surface area contributed by atoms with Crippen LogP contribution < -0.4 is 5.32 Å². The number of unbranched alkanes of at least 4 members (excludes halogenated alkanes) is 2. The van der Waals surface area contributed by atoms with Crippen molar-refractivity contribution in [3.05, 3.63) is 0 Å². The lowest BCUT2D eigenvalue weighted by Gasteiger charge is -2.20. The third kappa shape index (κ3) is 7.05. The van der Waals surface area contributed by atoms with Crippen LogP contribution in [0, 0.1) is 5.92 Å². The van der Waals surface area contributed by atoms with Gasteiger partial charge in [-0.1, -0.05) is 26.2 Å². The van der Waals surface area contributed by atoms with Crippen molar-refractivity contribution in [3.63, 3.8) is 0 Å². The summed E-state index contributed by atoms with van der Waals surface area (Å²) in [6.45, 7) is 7.55. The van der Waals surface area contributed by atoms with Crippen LogP contribution in [0.1, 0.15) is 58.3 Å². The molecule has 1 aliphatic rings. The van der Waals surface area contributed by atoms with Crippen LogP contribution in [0.15, 0.2) is 0 Å². The third-order valence-electron chi connectivity index (χ3n) is 4.04. The largest absolute Gasteiger partial charge is 0.320 e. The van der Waals surface area contributed by atoms with Crippen molar-refractivity contribution < 1.29 is 0 Å². The van der Waals surface area contributed by atoms with E-state index in [0.717, 1.165) is 5.92 Å². The Labute approximate surface area is 108 Å². The van der Waals surface area contributed by atoms with Crippen LogP contribution in [0.2, 0.25) is 0 Å². The average Bonchev–Trinajstić information content (AvgIpc) is 2.55. The molecule has 1 N–H and O–H groups in total. The molecular formula is C15H32N2. The summed E-state index contributed by atoms with van der Waals surface area (Å²) < 4.78 is 0. The number of hydrogen-bond acceptors (Lipinski definition) is 2. The molecule has 2 nitrogen and oxygen atoms in total. The summed E-state index contributed by atoms with van der Waals surface area (Å²) in [5, 5.41) is 3.22. The minimum absolute atomic E-state index is 1.02. The van der Waals surface area contributed by atoms with E-state index >= 15 is 0 Å². The van der Waals surface area contributed by atoms with Crippen molar-refractivity contribution in [2.45, 2.75) is 58.3 Å². The van der Waals surface area contributed by atoms with E-state index in [9.17, 15) is 0 Å². The van der Waals surface area contributed by atoms with Crippen molar-refractivity contribution >= 4 is 0 Å². The van der Waals surface area contributed by atoms with Gasteiger partial charge < -0.3 is 10.2 Å². The molecule has 1 heterocycles. The molecule has 0 amide bonds. The second-order valence-corrected chi connectivity index (χ2v) is 5.59. The van der Waals surface area contributed by atoms with Gasteiger partial charge >= 0.3 is 0 Å². The van der Waals surface area contributed by atoms with Gasteiger partial charge in [-0.15, -0.1) is 0 Å². The van der Waals surface area contributed by atoms with Crippen LogP contribution in [0.5, 0.6) is 0 Å². The minimum atomic E-state index is 1.02. The normalized spacial score (nSPS) is 22.6. The first-order valence-corrected chi connectivity index (χ1v) is 7.73. The Kier molecular flexibility index (Phi) is 8.72. The maximum atomic E-state index is 3.22. The average molecular weight is 240 g/mol. The van der Waals surface area contributed by atoms with E-state index in [4.69, 9.17) is 0 Å². The fourth-order valence-electron chi connectivity index (χ4n) is 2.96. The monoisotopic (exact) mass is 240 g/mol. The molecule has 0 aliphatic carbocycles. The highest BCUT2D eigenvalue weighted by Gasteiger charge is 2.15. The molecule has 1 atom stereocenters. The topological polar surface area (TPSA) is 15.3 Å². The zero-order valence-corrected chi connectivity index (χ0v) is 12.0. The summed E-state index contributed by atoms with van der Waals surface area (Å²) in [5.74, 6) is 1.02. The Morgan fingerprint density at radius 2 is 2.00 bits per heavy atom. The molecule has 1 unspecified atom stereocenters. The first kappa shape index (κ1) is 15.0. The van der Waals surface area contributed by atoms with Crippen LogP contribution in [-0.4, -0.2) is 38.1 Å². The fourth-order valence-corrected chi connectivity index (χ4v) is 2.96. The molecule has 102 valence electrons. The molecule has 0 radical (unpaired) electrons. The van der Waals surface area contributed by atoms with Gasteiger partial charge in [0.05, 0.1) is 0 Å². The molecule has 1 saturated heterocycles. The molecular weight excluding hydrogens is 208 g/mol. The van der Waals surface area contributed by atoms with Gasteiger partial charge in [-0.25, -0.2) is 0 Å². The highest BCUT2D eigenvalue weighted by atomic mass is 15.1. The van der Waals surface area contributed by atoms with Gasteiger partial charge in [0.2, 0.25) is 0 Å². The molecule has 1 fully saturated rings. The van der Waals surface area contributed by atoms with Crippen LogP contribution in [0.4, 0.5) is 0 Å². The summed E-state index contributed by atoms with van der Waals surface area (Å²) in [6, 6.07) is 0. The zero-order chi connectivity index (χ0) is 12.3. The zero-order valence-electron chi connectivity index (χ0n) is 12.0. The molecule has 1 rings (SSSR count). The maximum Gasteiger partial charge on any atom is -0.00161 e. The molecule has 2 heteroatoms. The predicted molar refractivity (Wildman–Crippen MR) is 76.5 cm³/mol. The number of rotatable bonds is 8. The molecule has 0 spiro atoms. The van der Waals surface area contributed by atoms with Crippen LogP contribution in [0.3, 0.4) is 0 Å². The molecule has 0 aromatic carbocycles. The molecule has 1 aliphatic heterocycles. The highest BCUT2D eigenvalue weighted by Crippen LogP contribution is 2.21. The van der Waals surface area contributed by atoms with Crippen LogP contribution >= 0.6 is 0 Å². The minimum Gasteiger partial charge on any atom is -0.320 e. The standard InChI is InChI=1S/C15H32N2/c1-3-8-15-9-7-13-17(14-10-15)12-6-4-5-11-16-2/h15-16H,3-14H2,1-2H3. The first-order chi connectivity index (χ1) is 8.36. The SMILES string of the molecule is CCCC1CCCN(CCCCCNC)CC1. The van der Waals surface area contributed by atoms with Gasteiger partial charge in [-0.2, -0.15) is 0 Å². The van der Waals surface area contributed by atoms with E-state index in [-0.39, 0.29) is 0 Å². The van der Waals surface area contributed by atoms with Gasteiger partial charge in [0, 0.05) is 0 Å². The Balaban J connectivity index is 2.05. The first-order valence-electron chi connectivity index (χ1n) is 7.73. The van der Waals surface area contributed by atoms with E-state index in [1.165, 1.54) is 77.5 Å². The van der Waals surface area contributed by atoms with Crippen molar-refractivity contribution in [3.8, 4) is 0 Å². The molecule has 0 bridgehead atoms. The van der Waals surface area contributed by atoms with E-state index in [2.05, 4.69) is 17.1 Å². The van der Waals surface area contributed by atoms with Crippen molar-refractivity contribution in [1.82, 2.24) is 10.2 Å². The molecule has 0 saturated carbocycles. The second-order valence-electron chi connectivity index (χ2n) is 5.59. The summed E-state index contributed by atoms with van der Waals surface area (Å²) >= 11 is 0. The van der Waals surface area contributed by atoms with Gasteiger partial charge in [0.25, 0.3) is 0 Å². The number of likely N-dealkylation sites (tertiary alicyclic amines) is 1. The highest BCUT2D eigenvalue weighted by molar-refractivity contribution is 4.70. The number of hydrogen-bond donors (Lipinski definition) is 1. The van der Waals surface area contributed by atoms with E-state index in [0.29, 0.717) is 0 Å². The predicted octanol–water partition coefficient (Wildman–Crippen LogP) is 3.28. The maximum absolute atomic E-state index is 3.22. The smallest absolute Gasteiger partial charge is 0.00161 e. The summed E-state index contributed by atoms with van der Waals surface area (Å²) in [5.41, 5.74) is 0. The van der Waals surface area contributed by atoms with E-state index in [1.807, 2.05) is 7.05 Å². The Morgan fingerprint density at radius 1 is 1.12 bits per heavy atom. The molecule has 0 aromatic heterocycles. The number of nitrogens with one attached hydrogen (secondary N) is 1. The lowest BCUT2D eigenvalue weighted by molar-refractivity contribution is 0.272. The fraction of sp³-hybridized carbons (Fsp3) is 1.00. The van der Waals surface area contributed by atoms with Crippen molar-refractivity contribution in [2.75, 3.05) is 33.2 Å². The Bertz CT molecular complexity index is 170. The van der Waals surface area contributed by atoms with Gasteiger partial charge in [-0.05, 0) is 71.2 Å². The lowest BCUT2D eigenvalue weighted by atomic mass is 9.96. The van der Waals surface area contributed by atoms with E-state index < -0.39 is 0 Å². The lowest BCUT2D eigenvalue weighted by Crippen LogP contribution is -2.26. The summed E-state index contributed by atoms with van der Waals surface area (Å²) in [4.78, 5) is 2.70. The third-order valence-corrected chi connectivity index (χ3v) is 4.04. The Hall–Kier alpha value is -0.0800. The molecule has 17 heavy (non-hydrogen) atoms. The quantitative estimate of drug-likeness (QED) is 0.655. The van der Waals surface area contributed by atoms with Gasteiger partial charge in [-0.3, -0.25) is 0 Å². The van der Waals surface area contributed by atoms with E-state index in [1.54, 1.807) is 0 Å². The van der Waals surface area contributed by atoms with Crippen molar-refractivity contribution in [1.29, 1.82) is 0 Å². The van der Waals surface area contributed by atoms with Crippen LogP contribution in [-0.2, 0) is 0 Å². The molecule has 0 aromatic rings. The number of nitrogens with zero attached hydrogens (tertiary/aromatic N) is 1. The Morgan fingerprint density at radius 3 is 2.76 bits per heavy atom. The van der Waals surface area contributed by atoms with Gasteiger partial charge in [0.15, 0.2) is 0 Å². The van der Waals surface area contributed by atoms with Gasteiger partial charge in [0.1, 0.15) is 0 Å². The van der Waals surface area contributed by atoms with Crippen LogP contribution in [0.25, 0.3) is 0 Å². The second kappa shape index (κ2) is 9.90.